The van der Waals surface area contributed by atoms with E-state index < -0.39 is 6.10 Å². The minimum atomic E-state index is -0.540. The molecule has 1 amide bonds. The molecule has 1 aromatic rings. The molecule has 0 aliphatic heterocycles. The van der Waals surface area contributed by atoms with E-state index in [0.717, 1.165) is 18.4 Å². The summed E-state index contributed by atoms with van der Waals surface area (Å²) in [6, 6.07) is 5.55. The second-order valence-corrected chi connectivity index (χ2v) is 5.64. The van der Waals surface area contributed by atoms with Crippen molar-refractivity contribution < 1.29 is 9.53 Å². The number of hydrogen-bond acceptors (Lipinski definition) is 3. The summed E-state index contributed by atoms with van der Waals surface area (Å²) >= 11 is 5.92. The minimum Gasteiger partial charge on any atom is -0.481 e. The topological polar surface area (TPSA) is 64.3 Å². The highest BCUT2D eigenvalue weighted by Gasteiger charge is 2.22. The van der Waals surface area contributed by atoms with E-state index in [1.54, 1.807) is 25.1 Å². The maximum atomic E-state index is 12.1. The Kier molecular flexibility index (Phi) is 5.26. The predicted octanol–water partition coefficient (Wildman–Crippen LogP) is 2.62. The van der Waals surface area contributed by atoms with Crippen LogP contribution in [0.25, 0.3) is 0 Å². The second-order valence-electron chi connectivity index (χ2n) is 5.21. The van der Waals surface area contributed by atoms with Gasteiger partial charge in [-0.05, 0) is 38.0 Å². The van der Waals surface area contributed by atoms with Crippen molar-refractivity contribution in [2.24, 2.45) is 5.73 Å². The average molecular weight is 297 g/mol. The molecule has 2 rings (SSSR count). The van der Waals surface area contributed by atoms with Crippen LogP contribution in [-0.2, 0) is 11.3 Å². The number of nitrogens with two attached hydrogens (primary N) is 1. The molecule has 4 nitrogen and oxygen atoms in total. The van der Waals surface area contributed by atoms with Crippen molar-refractivity contribution in [1.82, 2.24) is 5.32 Å². The summed E-state index contributed by atoms with van der Waals surface area (Å²) in [7, 11) is 0. The van der Waals surface area contributed by atoms with Gasteiger partial charge >= 0.3 is 0 Å². The van der Waals surface area contributed by atoms with Gasteiger partial charge in [0, 0.05) is 23.2 Å². The summed E-state index contributed by atoms with van der Waals surface area (Å²) in [4.78, 5) is 12.1. The molecule has 1 aromatic carbocycles. The second kappa shape index (κ2) is 6.95. The average Bonchev–Trinajstić information content (AvgIpc) is 2.93. The summed E-state index contributed by atoms with van der Waals surface area (Å²) in [5.41, 5.74) is 6.47. The first-order valence-corrected chi connectivity index (χ1v) is 7.43. The van der Waals surface area contributed by atoms with Crippen LogP contribution in [-0.4, -0.2) is 18.1 Å². The largest absolute Gasteiger partial charge is 0.481 e. The molecular formula is C15H21ClN2O2. The Morgan fingerprint density at radius 2 is 2.20 bits per heavy atom. The normalized spacial score (nSPS) is 16.9. The number of benzene rings is 1. The fraction of sp³-hybridized carbons (Fsp3) is 0.533. The molecule has 3 N–H and O–H groups in total. The molecule has 5 heteroatoms. The summed E-state index contributed by atoms with van der Waals surface area (Å²) in [5.74, 6) is 0.542. The Hall–Kier alpha value is -1.26. The quantitative estimate of drug-likeness (QED) is 0.878. The van der Waals surface area contributed by atoms with Gasteiger partial charge in [0.25, 0.3) is 5.91 Å². The van der Waals surface area contributed by atoms with E-state index in [4.69, 9.17) is 22.1 Å². The Morgan fingerprint density at radius 1 is 1.50 bits per heavy atom. The molecule has 0 radical (unpaired) electrons. The zero-order valence-electron chi connectivity index (χ0n) is 11.7. The zero-order valence-corrected chi connectivity index (χ0v) is 12.5. The third-order valence-electron chi connectivity index (χ3n) is 3.62. The maximum Gasteiger partial charge on any atom is 0.260 e. The molecule has 1 unspecified atom stereocenters. The van der Waals surface area contributed by atoms with Crippen molar-refractivity contribution >= 4 is 17.5 Å². The van der Waals surface area contributed by atoms with Crippen molar-refractivity contribution in [2.45, 2.75) is 51.3 Å². The van der Waals surface area contributed by atoms with Crippen molar-refractivity contribution in [1.29, 1.82) is 0 Å². The fourth-order valence-electron chi connectivity index (χ4n) is 2.46. The number of nitrogens with one attached hydrogen (secondary N) is 1. The minimum absolute atomic E-state index is 0.0742. The van der Waals surface area contributed by atoms with Crippen LogP contribution < -0.4 is 15.8 Å². The van der Waals surface area contributed by atoms with E-state index in [0.29, 0.717) is 23.4 Å². The van der Waals surface area contributed by atoms with Crippen LogP contribution in [0.1, 0.15) is 38.2 Å². The molecule has 0 aromatic heterocycles. The van der Waals surface area contributed by atoms with Crippen LogP contribution in [0.4, 0.5) is 0 Å². The number of carbonyl (C=O) groups is 1. The number of rotatable bonds is 5. The Labute approximate surface area is 124 Å². The number of halogens is 1. The van der Waals surface area contributed by atoms with E-state index in [-0.39, 0.29) is 5.91 Å². The van der Waals surface area contributed by atoms with Crippen molar-refractivity contribution in [3.8, 4) is 5.75 Å². The molecule has 20 heavy (non-hydrogen) atoms. The lowest BCUT2D eigenvalue weighted by Crippen LogP contribution is -2.41. The molecule has 0 bridgehead atoms. The van der Waals surface area contributed by atoms with Crippen LogP contribution in [0.3, 0.4) is 0 Å². The van der Waals surface area contributed by atoms with Crippen molar-refractivity contribution in [2.75, 3.05) is 0 Å². The lowest BCUT2D eigenvalue weighted by molar-refractivity contribution is -0.127. The van der Waals surface area contributed by atoms with Crippen LogP contribution in [0, 0.1) is 0 Å². The summed E-state index contributed by atoms with van der Waals surface area (Å²) in [6.07, 6.45) is 3.96. The third-order valence-corrected chi connectivity index (χ3v) is 3.85. The summed E-state index contributed by atoms with van der Waals surface area (Å²) < 4.78 is 5.71. The molecule has 1 saturated carbocycles. The van der Waals surface area contributed by atoms with Gasteiger partial charge < -0.3 is 15.8 Å². The van der Waals surface area contributed by atoms with Gasteiger partial charge in [-0.25, -0.2) is 0 Å². The Bertz CT molecular complexity index is 473. The molecule has 1 aliphatic rings. The van der Waals surface area contributed by atoms with Gasteiger partial charge in [-0.15, -0.1) is 0 Å². The number of amides is 1. The summed E-state index contributed by atoms with van der Waals surface area (Å²) in [5, 5.41) is 3.64. The highest BCUT2D eigenvalue weighted by atomic mass is 35.5. The number of ether oxygens (including phenoxy) is 1. The zero-order chi connectivity index (χ0) is 14.5. The van der Waals surface area contributed by atoms with Gasteiger partial charge in [-0.2, -0.15) is 0 Å². The molecular weight excluding hydrogens is 276 g/mol. The van der Waals surface area contributed by atoms with Crippen LogP contribution >= 0.6 is 11.6 Å². The highest BCUT2D eigenvalue weighted by molar-refractivity contribution is 6.30. The molecule has 0 spiro atoms. The number of hydrogen-bond donors (Lipinski definition) is 2. The van der Waals surface area contributed by atoms with Crippen LogP contribution in [0.15, 0.2) is 18.2 Å². The fourth-order valence-corrected chi connectivity index (χ4v) is 2.65. The van der Waals surface area contributed by atoms with Gasteiger partial charge in [-0.3, -0.25) is 4.79 Å². The first-order chi connectivity index (χ1) is 9.60. The van der Waals surface area contributed by atoms with Gasteiger partial charge in [0.15, 0.2) is 6.10 Å². The molecule has 0 heterocycles. The Morgan fingerprint density at radius 3 is 2.85 bits per heavy atom. The van der Waals surface area contributed by atoms with E-state index in [9.17, 15) is 4.79 Å². The molecule has 1 atom stereocenters. The van der Waals surface area contributed by atoms with Gasteiger partial charge in [0.05, 0.1) is 0 Å². The van der Waals surface area contributed by atoms with Crippen LogP contribution in [0.2, 0.25) is 5.02 Å². The number of carbonyl (C=O) groups excluding carboxylic acids is 1. The standard InChI is InChI=1S/C15H21ClN2O2/c1-10(15(19)18-13-4-2-3-5-13)20-14-7-6-12(16)8-11(14)9-17/h6-8,10,13H,2-5,9,17H2,1H3,(H,18,19). The highest BCUT2D eigenvalue weighted by Crippen LogP contribution is 2.24. The molecule has 1 fully saturated rings. The van der Waals surface area contributed by atoms with E-state index in [1.807, 2.05) is 0 Å². The predicted molar refractivity (Wildman–Crippen MR) is 79.8 cm³/mol. The monoisotopic (exact) mass is 296 g/mol. The summed E-state index contributed by atoms with van der Waals surface area (Å²) in [6.45, 7) is 2.08. The Balaban J connectivity index is 1.96. The van der Waals surface area contributed by atoms with Gasteiger partial charge in [0.2, 0.25) is 0 Å². The van der Waals surface area contributed by atoms with Gasteiger partial charge in [-0.1, -0.05) is 24.4 Å². The maximum absolute atomic E-state index is 12.1. The van der Waals surface area contributed by atoms with E-state index >= 15 is 0 Å². The van der Waals surface area contributed by atoms with Crippen molar-refractivity contribution in [3.63, 3.8) is 0 Å². The third kappa shape index (κ3) is 3.87. The molecule has 110 valence electrons. The SMILES string of the molecule is CC(Oc1ccc(Cl)cc1CN)C(=O)NC1CCCC1. The first-order valence-electron chi connectivity index (χ1n) is 7.05. The van der Waals surface area contributed by atoms with Gasteiger partial charge in [0.1, 0.15) is 5.75 Å². The van der Waals surface area contributed by atoms with Crippen molar-refractivity contribution in [3.05, 3.63) is 28.8 Å². The smallest absolute Gasteiger partial charge is 0.260 e. The first kappa shape index (κ1) is 15.1. The molecule has 1 aliphatic carbocycles. The van der Waals surface area contributed by atoms with Crippen LogP contribution in [0.5, 0.6) is 5.75 Å². The molecule has 0 saturated heterocycles. The lowest BCUT2D eigenvalue weighted by atomic mass is 10.2. The lowest BCUT2D eigenvalue weighted by Gasteiger charge is -2.19. The van der Waals surface area contributed by atoms with E-state index in [2.05, 4.69) is 5.32 Å². The van der Waals surface area contributed by atoms with E-state index in [1.165, 1.54) is 12.8 Å².